The maximum absolute atomic E-state index is 12.9. The highest BCUT2D eigenvalue weighted by atomic mass is 16.5. The second-order valence-corrected chi connectivity index (χ2v) is 6.24. The van der Waals surface area contributed by atoms with E-state index < -0.39 is 0 Å². The van der Waals surface area contributed by atoms with Crippen LogP contribution in [0.4, 0.5) is 0 Å². The lowest BCUT2D eigenvalue weighted by Gasteiger charge is -2.25. The molecule has 3 heterocycles. The lowest BCUT2D eigenvalue weighted by Crippen LogP contribution is -2.30. The molecule has 136 valence electrons. The number of amides is 2. The topological polar surface area (TPSA) is 84.4 Å². The van der Waals surface area contributed by atoms with Crippen molar-refractivity contribution in [1.82, 2.24) is 20.2 Å². The summed E-state index contributed by atoms with van der Waals surface area (Å²) in [4.78, 5) is 34.3. The van der Waals surface area contributed by atoms with Crippen LogP contribution in [0.2, 0.25) is 0 Å². The molecule has 1 aliphatic rings. The number of hydrogen-bond acceptors (Lipinski definition) is 5. The summed E-state index contributed by atoms with van der Waals surface area (Å²) in [6.45, 7) is 2.56. The highest BCUT2D eigenvalue weighted by Gasteiger charge is 2.31. The van der Waals surface area contributed by atoms with Crippen molar-refractivity contribution in [2.45, 2.75) is 32.4 Å². The fraction of sp³-hybridized carbons (Fsp3) is 0.368. The Morgan fingerprint density at radius 1 is 1.31 bits per heavy atom. The lowest BCUT2D eigenvalue weighted by molar-refractivity contribution is -0.119. The molecule has 3 rings (SSSR count). The van der Waals surface area contributed by atoms with Crippen LogP contribution < -0.4 is 10.1 Å². The minimum Gasteiger partial charge on any atom is -0.481 e. The average Bonchev–Trinajstić information content (AvgIpc) is 3.16. The van der Waals surface area contributed by atoms with Gasteiger partial charge in [-0.15, -0.1) is 0 Å². The van der Waals surface area contributed by atoms with Crippen LogP contribution >= 0.6 is 0 Å². The van der Waals surface area contributed by atoms with Crippen molar-refractivity contribution < 1.29 is 14.3 Å². The lowest BCUT2D eigenvalue weighted by atomic mass is 10.0. The number of carbonyl (C=O) groups is 2. The molecule has 2 aromatic rings. The van der Waals surface area contributed by atoms with Crippen molar-refractivity contribution in [3.05, 3.63) is 53.5 Å². The first kappa shape index (κ1) is 17.8. The predicted molar refractivity (Wildman–Crippen MR) is 95.6 cm³/mol. The van der Waals surface area contributed by atoms with Crippen molar-refractivity contribution in [3.63, 3.8) is 0 Å². The number of ether oxygens (including phenoxy) is 1. The van der Waals surface area contributed by atoms with Crippen molar-refractivity contribution in [2.24, 2.45) is 0 Å². The third-order valence-electron chi connectivity index (χ3n) is 4.45. The fourth-order valence-corrected chi connectivity index (χ4v) is 3.17. The second-order valence-electron chi connectivity index (χ2n) is 6.24. The van der Waals surface area contributed by atoms with Gasteiger partial charge in [0.25, 0.3) is 5.91 Å². The second kappa shape index (κ2) is 7.95. The van der Waals surface area contributed by atoms with E-state index in [4.69, 9.17) is 4.74 Å². The Bertz CT molecular complexity index is 792. The van der Waals surface area contributed by atoms with Gasteiger partial charge in [-0.05, 0) is 36.6 Å². The number of likely N-dealkylation sites (tertiary alicyclic amines) is 1. The first-order valence-corrected chi connectivity index (χ1v) is 8.59. The van der Waals surface area contributed by atoms with E-state index in [1.54, 1.807) is 31.6 Å². The molecule has 0 saturated carbocycles. The summed E-state index contributed by atoms with van der Waals surface area (Å²) >= 11 is 0. The average molecular weight is 354 g/mol. The van der Waals surface area contributed by atoms with E-state index in [-0.39, 0.29) is 17.9 Å². The standard InChI is InChI=1S/C19H22N4O3/c1-13(24)21-12-16-10-14(7-8-20-16)17-4-3-9-23(17)19(25)15-5-6-18(26-2)22-11-15/h5-8,10-11,17H,3-4,9,12H2,1-2H3,(H,21,24)/t17-/m0/s1. The van der Waals surface area contributed by atoms with E-state index in [9.17, 15) is 9.59 Å². The third kappa shape index (κ3) is 3.99. The Balaban J connectivity index is 1.78. The minimum absolute atomic E-state index is 0.00341. The molecule has 2 aromatic heterocycles. The van der Waals surface area contributed by atoms with Crippen LogP contribution in [0.25, 0.3) is 0 Å². The van der Waals surface area contributed by atoms with Crippen LogP contribution in [0.3, 0.4) is 0 Å². The first-order valence-electron chi connectivity index (χ1n) is 8.59. The van der Waals surface area contributed by atoms with Gasteiger partial charge in [0.15, 0.2) is 0 Å². The number of pyridine rings is 2. The zero-order valence-corrected chi connectivity index (χ0v) is 14.9. The number of hydrogen-bond donors (Lipinski definition) is 1. The molecule has 1 aliphatic heterocycles. The van der Waals surface area contributed by atoms with Crippen molar-refractivity contribution >= 4 is 11.8 Å². The molecular weight excluding hydrogens is 332 g/mol. The van der Waals surface area contributed by atoms with Gasteiger partial charge in [-0.2, -0.15) is 0 Å². The smallest absolute Gasteiger partial charge is 0.255 e. The molecular formula is C19H22N4O3. The zero-order valence-electron chi connectivity index (χ0n) is 14.9. The molecule has 1 N–H and O–H groups in total. The molecule has 1 atom stereocenters. The molecule has 0 aromatic carbocycles. The number of aromatic nitrogens is 2. The quantitative estimate of drug-likeness (QED) is 0.889. The number of methoxy groups -OCH3 is 1. The van der Waals surface area contributed by atoms with Gasteiger partial charge in [0, 0.05) is 31.9 Å². The van der Waals surface area contributed by atoms with Crippen LogP contribution in [0, 0.1) is 0 Å². The summed E-state index contributed by atoms with van der Waals surface area (Å²) in [6.07, 6.45) is 5.12. The van der Waals surface area contributed by atoms with Crippen molar-refractivity contribution in [2.75, 3.05) is 13.7 Å². The maximum Gasteiger partial charge on any atom is 0.255 e. The van der Waals surface area contributed by atoms with Gasteiger partial charge >= 0.3 is 0 Å². The summed E-state index contributed by atoms with van der Waals surface area (Å²) in [5.41, 5.74) is 2.36. The Hall–Kier alpha value is -2.96. The summed E-state index contributed by atoms with van der Waals surface area (Å²) in [7, 11) is 1.54. The van der Waals surface area contributed by atoms with Gasteiger partial charge in [-0.25, -0.2) is 4.98 Å². The van der Waals surface area contributed by atoms with Crippen LogP contribution in [0.5, 0.6) is 5.88 Å². The molecule has 1 saturated heterocycles. The van der Waals surface area contributed by atoms with E-state index in [0.29, 0.717) is 24.5 Å². The Labute approximate surface area is 152 Å². The van der Waals surface area contributed by atoms with Gasteiger partial charge in [0.1, 0.15) is 0 Å². The largest absolute Gasteiger partial charge is 0.481 e. The molecule has 0 spiro atoms. The van der Waals surface area contributed by atoms with Gasteiger partial charge in [-0.1, -0.05) is 0 Å². The molecule has 7 nitrogen and oxygen atoms in total. The molecule has 0 aliphatic carbocycles. The van der Waals surface area contributed by atoms with Crippen LogP contribution in [0.15, 0.2) is 36.7 Å². The fourth-order valence-electron chi connectivity index (χ4n) is 3.17. The SMILES string of the molecule is COc1ccc(C(=O)N2CCC[C@H]2c2ccnc(CNC(C)=O)c2)cn1. The van der Waals surface area contributed by atoms with Gasteiger partial charge in [0.2, 0.25) is 11.8 Å². The number of nitrogens with zero attached hydrogens (tertiary/aromatic N) is 3. The van der Waals surface area contributed by atoms with E-state index in [0.717, 1.165) is 24.1 Å². The third-order valence-corrected chi connectivity index (χ3v) is 4.45. The molecule has 26 heavy (non-hydrogen) atoms. The van der Waals surface area contributed by atoms with Crippen LogP contribution in [-0.2, 0) is 11.3 Å². The maximum atomic E-state index is 12.9. The predicted octanol–water partition coefficient (Wildman–Crippen LogP) is 2.10. The van der Waals surface area contributed by atoms with Crippen LogP contribution in [-0.4, -0.2) is 40.3 Å². The van der Waals surface area contributed by atoms with Crippen LogP contribution in [0.1, 0.15) is 47.4 Å². The number of rotatable bonds is 5. The highest BCUT2D eigenvalue weighted by molar-refractivity contribution is 5.94. The van der Waals surface area contributed by atoms with Gasteiger partial charge < -0.3 is 15.0 Å². The van der Waals surface area contributed by atoms with E-state index in [2.05, 4.69) is 15.3 Å². The zero-order chi connectivity index (χ0) is 18.5. The summed E-state index contributed by atoms with van der Waals surface area (Å²) in [6, 6.07) is 7.32. The van der Waals surface area contributed by atoms with Crippen molar-refractivity contribution in [1.29, 1.82) is 0 Å². The number of nitrogens with one attached hydrogen (secondary N) is 1. The van der Waals surface area contributed by atoms with Crippen molar-refractivity contribution in [3.8, 4) is 5.88 Å². The number of carbonyl (C=O) groups excluding carboxylic acids is 2. The van der Waals surface area contributed by atoms with Gasteiger partial charge in [0.05, 0.1) is 31.0 Å². The van der Waals surface area contributed by atoms with E-state index in [1.165, 1.54) is 6.92 Å². The molecule has 2 amide bonds. The van der Waals surface area contributed by atoms with Gasteiger partial charge in [-0.3, -0.25) is 14.6 Å². The van der Waals surface area contributed by atoms with E-state index >= 15 is 0 Å². The molecule has 7 heteroatoms. The molecule has 1 fully saturated rings. The molecule has 0 unspecified atom stereocenters. The Morgan fingerprint density at radius 3 is 2.85 bits per heavy atom. The minimum atomic E-state index is -0.0955. The molecule has 0 radical (unpaired) electrons. The summed E-state index contributed by atoms with van der Waals surface area (Å²) < 4.78 is 5.04. The monoisotopic (exact) mass is 354 g/mol. The Kier molecular flexibility index (Phi) is 5.46. The normalized spacial score (nSPS) is 16.4. The first-order chi connectivity index (χ1) is 12.6. The molecule has 0 bridgehead atoms. The Morgan fingerprint density at radius 2 is 2.15 bits per heavy atom. The highest BCUT2D eigenvalue weighted by Crippen LogP contribution is 2.33. The summed E-state index contributed by atoms with van der Waals surface area (Å²) in [5.74, 6) is 0.348. The van der Waals surface area contributed by atoms with E-state index in [1.807, 2.05) is 17.0 Å². The summed E-state index contributed by atoms with van der Waals surface area (Å²) in [5, 5.41) is 2.75.